The molecule has 1 aromatic carbocycles. The molecule has 7 nitrogen and oxygen atoms in total. The zero-order chi connectivity index (χ0) is 16.4. The largest absolute Gasteiger partial charge is 0.394 e. The Hall–Kier alpha value is -1.87. The minimum Gasteiger partial charge on any atom is -0.394 e. The summed E-state index contributed by atoms with van der Waals surface area (Å²) in [7, 11) is 0. The summed E-state index contributed by atoms with van der Waals surface area (Å²) in [5, 5.41) is 18.9. The quantitative estimate of drug-likeness (QED) is 0.743. The predicted molar refractivity (Wildman–Crippen MR) is 83.5 cm³/mol. The maximum Gasteiger partial charge on any atom is 0.330 e. The van der Waals surface area contributed by atoms with E-state index in [0.29, 0.717) is 4.90 Å². The lowest BCUT2D eigenvalue weighted by Gasteiger charge is -2.15. The minimum atomic E-state index is -0.853. The molecule has 0 radical (unpaired) electrons. The summed E-state index contributed by atoms with van der Waals surface area (Å²) in [6, 6.07) is 9.30. The van der Waals surface area contributed by atoms with Crippen LogP contribution >= 0.6 is 11.8 Å². The van der Waals surface area contributed by atoms with Crippen LogP contribution in [-0.2, 0) is 4.74 Å². The third kappa shape index (κ3) is 3.40. The fraction of sp³-hybridized carbons (Fsp3) is 0.333. The van der Waals surface area contributed by atoms with Crippen molar-refractivity contribution in [2.24, 2.45) is 0 Å². The Bertz CT molecular complexity index is 788. The molecule has 2 aromatic rings. The van der Waals surface area contributed by atoms with E-state index in [2.05, 4.69) is 4.98 Å². The Morgan fingerprint density at radius 3 is 2.70 bits per heavy atom. The van der Waals surface area contributed by atoms with E-state index in [9.17, 15) is 14.7 Å². The van der Waals surface area contributed by atoms with E-state index < -0.39 is 29.7 Å². The smallest absolute Gasteiger partial charge is 0.330 e. The third-order valence-electron chi connectivity index (χ3n) is 3.60. The van der Waals surface area contributed by atoms with Crippen LogP contribution in [0.15, 0.2) is 55.9 Å². The molecule has 3 atom stereocenters. The number of hydrogen-bond donors (Lipinski definition) is 3. The van der Waals surface area contributed by atoms with Gasteiger partial charge < -0.3 is 14.9 Å². The highest BCUT2D eigenvalue weighted by Gasteiger charge is 2.35. The number of aromatic nitrogens is 2. The van der Waals surface area contributed by atoms with E-state index in [1.165, 1.54) is 22.5 Å². The molecule has 1 aromatic heterocycles. The van der Waals surface area contributed by atoms with Crippen LogP contribution in [0.5, 0.6) is 0 Å². The molecule has 23 heavy (non-hydrogen) atoms. The molecule has 1 saturated heterocycles. The molecule has 1 fully saturated rings. The number of aliphatic hydroxyl groups is 2. The Morgan fingerprint density at radius 2 is 2.04 bits per heavy atom. The Labute approximate surface area is 135 Å². The van der Waals surface area contributed by atoms with Crippen LogP contribution in [0.25, 0.3) is 0 Å². The van der Waals surface area contributed by atoms with Crippen LogP contribution < -0.4 is 11.2 Å². The van der Waals surface area contributed by atoms with Crippen molar-refractivity contribution in [1.29, 1.82) is 0 Å². The Kier molecular flexibility index (Phi) is 4.67. The van der Waals surface area contributed by atoms with Gasteiger partial charge in [-0.3, -0.25) is 14.3 Å². The average Bonchev–Trinajstić information content (AvgIpc) is 2.91. The van der Waals surface area contributed by atoms with Crippen molar-refractivity contribution in [2.75, 3.05) is 6.61 Å². The van der Waals surface area contributed by atoms with E-state index in [1.54, 1.807) is 0 Å². The molecule has 0 unspecified atom stereocenters. The molecule has 0 aliphatic carbocycles. The molecule has 0 bridgehead atoms. The first-order chi connectivity index (χ1) is 11.1. The van der Waals surface area contributed by atoms with Crippen LogP contribution in [0.1, 0.15) is 12.6 Å². The second-order valence-corrected chi connectivity index (χ2v) is 6.31. The molecular weight excluding hydrogens is 320 g/mol. The lowest BCUT2D eigenvalue weighted by molar-refractivity contribution is -0.0461. The van der Waals surface area contributed by atoms with E-state index in [1.807, 2.05) is 30.3 Å². The van der Waals surface area contributed by atoms with Crippen molar-refractivity contribution in [3.05, 3.63) is 57.4 Å². The van der Waals surface area contributed by atoms with Crippen LogP contribution in [0, 0.1) is 0 Å². The van der Waals surface area contributed by atoms with Crippen LogP contribution in [0.3, 0.4) is 0 Å². The maximum absolute atomic E-state index is 12.0. The number of nitrogens with one attached hydrogen (secondary N) is 1. The lowest BCUT2D eigenvalue weighted by atomic mass is 10.2. The number of rotatable bonds is 4. The molecule has 1 aliphatic heterocycles. The van der Waals surface area contributed by atoms with Crippen molar-refractivity contribution in [1.82, 2.24) is 9.55 Å². The number of aromatic amines is 1. The molecule has 0 spiro atoms. The van der Waals surface area contributed by atoms with Gasteiger partial charge in [0.2, 0.25) is 0 Å². The second kappa shape index (κ2) is 6.71. The van der Waals surface area contributed by atoms with Gasteiger partial charge in [0, 0.05) is 17.5 Å². The van der Waals surface area contributed by atoms with Gasteiger partial charge in [-0.2, -0.15) is 0 Å². The van der Waals surface area contributed by atoms with Gasteiger partial charge in [0.05, 0.1) is 17.6 Å². The van der Waals surface area contributed by atoms with E-state index in [-0.39, 0.29) is 13.0 Å². The number of nitrogens with zero attached hydrogens (tertiary/aromatic N) is 1. The van der Waals surface area contributed by atoms with Crippen molar-refractivity contribution in [2.45, 2.75) is 34.6 Å². The first-order valence-electron chi connectivity index (χ1n) is 7.11. The van der Waals surface area contributed by atoms with Crippen molar-refractivity contribution >= 4 is 11.8 Å². The highest BCUT2D eigenvalue weighted by molar-refractivity contribution is 7.99. The fourth-order valence-corrected chi connectivity index (χ4v) is 3.28. The number of ether oxygens (including phenoxy) is 1. The maximum atomic E-state index is 12.0. The Balaban J connectivity index is 1.92. The summed E-state index contributed by atoms with van der Waals surface area (Å²) in [5.41, 5.74) is -1.08. The van der Waals surface area contributed by atoms with E-state index in [0.717, 1.165) is 4.90 Å². The number of H-pyrrole nitrogens is 1. The summed E-state index contributed by atoms with van der Waals surface area (Å²) >= 11 is 1.23. The molecule has 8 heteroatoms. The average molecular weight is 336 g/mol. The molecule has 0 saturated carbocycles. The minimum absolute atomic E-state index is 0.173. The number of hydrogen-bond acceptors (Lipinski definition) is 6. The summed E-state index contributed by atoms with van der Waals surface area (Å²) < 4.78 is 6.71. The van der Waals surface area contributed by atoms with Gasteiger partial charge in [-0.15, -0.1) is 0 Å². The van der Waals surface area contributed by atoms with Crippen molar-refractivity contribution in [3.63, 3.8) is 0 Å². The van der Waals surface area contributed by atoms with Crippen molar-refractivity contribution in [3.8, 4) is 0 Å². The molecule has 3 N–H and O–H groups in total. The normalized spacial score (nSPS) is 24.0. The zero-order valence-electron chi connectivity index (χ0n) is 12.1. The number of benzene rings is 1. The summed E-state index contributed by atoms with van der Waals surface area (Å²) in [5.74, 6) is 0. The van der Waals surface area contributed by atoms with Gasteiger partial charge in [-0.1, -0.05) is 30.0 Å². The Morgan fingerprint density at radius 1 is 1.30 bits per heavy atom. The van der Waals surface area contributed by atoms with Crippen molar-refractivity contribution < 1.29 is 14.9 Å². The molecule has 3 rings (SSSR count). The SMILES string of the molecule is O=c1[nH]c(=O)n([C@H]2C[C@H](O)[C@@H](CO)O2)cc1Sc1ccccc1. The molecule has 2 heterocycles. The highest BCUT2D eigenvalue weighted by Crippen LogP contribution is 2.29. The standard InChI is InChI=1S/C15H16N2O5S/c18-8-11-10(19)6-13(22-11)17-7-12(14(20)16-15(17)21)23-9-4-2-1-3-5-9/h1-5,7,10-11,13,18-19H,6,8H2,(H,16,20,21)/t10-,11+,13+/m0/s1. The first kappa shape index (κ1) is 16.0. The van der Waals surface area contributed by atoms with Gasteiger partial charge >= 0.3 is 5.69 Å². The summed E-state index contributed by atoms with van der Waals surface area (Å²) in [4.78, 5) is 27.5. The zero-order valence-corrected chi connectivity index (χ0v) is 12.9. The van der Waals surface area contributed by atoms with E-state index >= 15 is 0 Å². The van der Waals surface area contributed by atoms with Gasteiger partial charge in [0.15, 0.2) is 0 Å². The third-order valence-corrected chi connectivity index (χ3v) is 4.62. The van der Waals surface area contributed by atoms with Gasteiger partial charge in [-0.25, -0.2) is 4.79 Å². The van der Waals surface area contributed by atoms with Crippen LogP contribution in [0.2, 0.25) is 0 Å². The summed E-state index contributed by atoms with van der Waals surface area (Å²) in [6.45, 7) is -0.332. The summed E-state index contributed by atoms with van der Waals surface area (Å²) in [6.07, 6.45) is -0.706. The fourth-order valence-electron chi connectivity index (χ4n) is 2.42. The molecule has 0 amide bonds. The van der Waals surface area contributed by atoms with Crippen LogP contribution in [0.4, 0.5) is 0 Å². The topological polar surface area (TPSA) is 105 Å². The molecule has 1 aliphatic rings. The van der Waals surface area contributed by atoms with Crippen LogP contribution in [-0.4, -0.2) is 38.6 Å². The van der Waals surface area contributed by atoms with Gasteiger partial charge in [-0.05, 0) is 12.1 Å². The highest BCUT2D eigenvalue weighted by atomic mass is 32.2. The number of aliphatic hydroxyl groups excluding tert-OH is 2. The monoisotopic (exact) mass is 336 g/mol. The molecular formula is C15H16N2O5S. The van der Waals surface area contributed by atoms with Gasteiger partial charge in [0.25, 0.3) is 5.56 Å². The van der Waals surface area contributed by atoms with Gasteiger partial charge in [0.1, 0.15) is 12.3 Å². The predicted octanol–water partition coefficient (Wildman–Crippen LogP) is 0.328. The molecule has 122 valence electrons. The first-order valence-corrected chi connectivity index (χ1v) is 7.93. The van der Waals surface area contributed by atoms with E-state index in [4.69, 9.17) is 9.84 Å². The lowest BCUT2D eigenvalue weighted by Crippen LogP contribution is -2.33. The second-order valence-electron chi connectivity index (χ2n) is 5.19.